The van der Waals surface area contributed by atoms with Gasteiger partial charge in [-0.1, -0.05) is 6.92 Å². The van der Waals surface area contributed by atoms with Crippen LogP contribution in [0.1, 0.15) is 26.1 Å². The molecule has 142 valence electrons. The van der Waals surface area contributed by atoms with Crippen LogP contribution in [-0.4, -0.2) is 46.1 Å². The predicted octanol–water partition coefficient (Wildman–Crippen LogP) is 2.72. The van der Waals surface area contributed by atoms with Gasteiger partial charge in [-0.3, -0.25) is 4.99 Å². The number of aromatic nitrogens is 3. The second kappa shape index (κ2) is 11.5. The third-order valence-electron chi connectivity index (χ3n) is 3.66. The van der Waals surface area contributed by atoms with Crippen LogP contribution in [0, 0.1) is 5.82 Å². The molecule has 0 saturated carbocycles. The maximum atomic E-state index is 12.9. The summed E-state index contributed by atoms with van der Waals surface area (Å²) in [5, 5.41) is 14.6. The van der Waals surface area contributed by atoms with Gasteiger partial charge in [-0.15, -0.1) is 22.0 Å². The van der Waals surface area contributed by atoms with Crippen LogP contribution in [0.25, 0.3) is 0 Å². The highest BCUT2D eigenvalue weighted by atomic mass is 32.2. The largest absolute Gasteiger partial charge is 0.357 e. The Hall–Kier alpha value is -2.09. The number of thioether (sulfide) groups is 1. The first-order valence-corrected chi connectivity index (χ1v) is 9.98. The molecule has 0 saturated heterocycles. The van der Waals surface area contributed by atoms with Crippen LogP contribution in [0.15, 0.2) is 40.5 Å². The van der Waals surface area contributed by atoms with E-state index in [9.17, 15) is 4.39 Å². The third-order valence-corrected chi connectivity index (χ3v) is 4.75. The van der Waals surface area contributed by atoms with E-state index >= 15 is 0 Å². The standard InChI is InChI=1S/C18H27FN6S/c1-3-17-24-23-14-25(17)12-11-22-18(20-4-2)21-10-5-13-26-16-8-6-15(19)7-9-16/h6-9,14H,3-5,10-13H2,1-2H3,(H2,20,21,22). The van der Waals surface area contributed by atoms with Gasteiger partial charge in [0.05, 0.1) is 0 Å². The number of guanidine groups is 1. The first-order valence-electron chi connectivity index (χ1n) is 9.00. The SMILES string of the molecule is CCNC(=NCCCSc1ccc(F)cc1)NCCn1cnnc1CC. The highest BCUT2D eigenvalue weighted by molar-refractivity contribution is 7.99. The van der Waals surface area contributed by atoms with Gasteiger partial charge in [-0.2, -0.15) is 0 Å². The lowest BCUT2D eigenvalue weighted by molar-refractivity contribution is 0.626. The lowest BCUT2D eigenvalue weighted by Gasteiger charge is -2.12. The Morgan fingerprint density at radius 1 is 1.23 bits per heavy atom. The summed E-state index contributed by atoms with van der Waals surface area (Å²) in [4.78, 5) is 5.69. The molecule has 1 aromatic heterocycles. The fraction of sp³-hybridized carbons (Fsp3) is 0.500. The molecule has 2 rings (SSSR count). The van der Waals surface area contributed by atoms with Gasteiger partial charge in [0.2, 0.25) is 0 Å². The number of benzene rings is 1. The van der Waals surface area contributed by atoms with E-state index in [1.807, 2.05) is 12.1 Å². The first kappa shape index (κ1) is 20.2. The van der Waals surface area contributed by atoms with Gasteiger partial charge in [0.1, 0.15) is 18.0 Å². The van der Waals surface area contributed by atoms with Crippen LogP contribution in [-0.2, 0) is 13.0 Å². The van der Waals surface area contributed by atoms with Crippen molar-refractivity contribution in [2.75, 3.05) is 25.4 Å². The zero-order chi connectivity index (χ0) is 18.6. The Balaban J connectivity index is 1.69. The van der Waals surface area contributed by atoms with Crippen molar-refractivity contribution in [2.24, 2.45) is 4.99 Å². The molecule has 0 unspecified atom stereocenters. The molecule has 1 aromatic carbocycles. The second-order valence-electron chi connectivity index (χ2n) is 5.64. The molecule has 2 aromatic rings. The summed E-state index contributed by atoms with van der Waals surface area (Å²) >= 11 is 1.72. The van der Waals surface area contributed by atoms with E-state index in [1.54, 1.807) is 18.1 Å². The maximum Gasteiger partial charge on any atom is 0.191 e. The Morgan fingerprint density at radius 2 is 2.04 bits per heavy atom. The zero-order valence-corrected chi connectivity index (χ0v) is 16.2. The van der Waals surface area contributed by atoms with Crippen molar-refractivity contribution in [1.82, 2.24) is 25.4 Å². The van der Waals surface area contributed by atoms with Crippen molar-refractivity contribution in [1.29, 1.82) is 0 Å². The summed E-state index contributed by atoms with van der Waals surface area (Å²) in [7, 11) is 0. The molecule has 26 heavy (non-hydrogen) atoms. The Kier molecular flexibility index (Phi) is 8.95. The molecule has 0 aliphatic carbocycles. The molecule has 8 heteroatoms. The van der Waals surface area contributed by atoms with Gasteiger partial charge in [-0.05, 0) is 43.4 Å². The van der Waals surface area contributed by atoms with Crippen LogP contribution >= 0.6 is 11.8 Å². The predicted molar refractivity (Wildman–Crippen MR) is 105 cm³/mol. The van der Waals surface area contributed by atoms with E-state index in [2.05, 4.69) is 44.2 Å². The minimum atomic E-state index is -0.196. The number of aliphatic imine (C=N–C) groups is 1. The topological polar surface area (TPSA) is 67.1 Å². The fourth-order valence-corrected chi connectivity index (χ4v) is 3.19. The van der Waals surface area contributed by atoms with Gasteiger partial charge in [-0.25, -0.2) is 4.39 Å². The fourth-order valence-electron chi connectivity index (χ4n) is 2.35. The average molecular weight is 379 g/mol. The van der Waals surface area contributed by atoms with Gasteiger partial charge in [0.15, 0.2) is 5.96 Å². The molecule has 0 atom stereocenters. The van der Waals surface area contributed by atoms with E-state index in [4.69, 9.17) is 0 Å². The molecule has 0 fully saturated rings. The Bertz CT molecular complexity index is 671. The number of halogens is 1. The number of aryl methyl sites for hydroxylation is 1. The summed E-state index contributed by atoms with van der Waals surface area (Å²) in [6.07, 6.45) is 3.60. The molecule has 0 aliphatic heterocycles. The molecule has 0 aliphatic rings. The maximum absolute atomic E-state index is 12.9. The summed E-state index contributed by atoms with van der Waals surface area (Å²) in [5.74, 6) is 2.57. The lowest BCUT2D eigenvalue weighted by Crippen LogP contribution is -2.39. The number of nitrogens with one attached hydrogen (secondary N) is 2. The van der Waals surface area contributed by atoms with E-state index in [0.717, 1.165) is 61.5 Å². The van der Waals surface area contributed by atoms with Crippen LogP contribution in [0.5, 0.6) is 0 Å². The van der Waals surface area contributed by atoms with Crippen LogP contribution in [0.4, 0.5) is 4.39 Å². The van der Waals surface area contributed by atoms with Gasteiger partial charge in [0.25, 0.3) is 0 Å². The number of hydrogen-bond donors (Lipinski definition) is 2. The van der Waals surface area contributed by atoms with Gasteiger partial charge in [0, 0.05) is 37.5 Å². The van der Waals surface area contributed by atoms with Crippen molar-refractivity contribution < 1.29 is 4.39 Å². The normalized spacial score (nSPS) is 11.6. The number of nitrogens with zero attached hydrogens (tertiary/aromatic N) is 4. The smallest absolute Gasteiger partial charge is 0.191 e. The molecule has 2 N–H and O–H groups in total. The van der Waals surface area contributed by atoms with Crippen molar-refractivity contribution >= 4 is 17.7 Å². The molecule has 0 amide bonds. The van der Waals surface area contributed by atoms with E-state index in [0.29, 0.717) is 0 Å². The van der Waals surface area contributed by atoms with Crippen molar-refractivity contribution in [3.05, 3.63) is 42.2 Å². The summed E-state index contributed by atoms with van der Waals surface area (Å²) in [6, 6.07) is 6.61. The molecule has 6 nitrogen and oxygen atoms in total. The molecule has 0 spiro atoms. The van der Waals surface area contributed by atoms with Gasteiger partial charge < -0.3 is 15.2 Å². The van der Waals surface area contributed by atoms with E-state index in [1.165, 1.54) is 12.1 Å². The van der Waals surface area contributed by atoms with Crippen LogP contribution < -0.4 is 10.6 Å². The molecule has 1 heterocycles. The second-order valence-corrected chi connectivity index (χ2v) is 6.81. The summed E-state index contributed by atoms with van der Waals surface area (Å²) in [6.45, 7) is 7.27. The molecule has 0 bridgehead atoms. The van der Waals surface area contributed by atoms with E-state index in [-0.39, 0.29) is 5.82 Å². The van der Waals surface area contributed by atoms with E-state index < -0.39 is 0 Å². The minimum absolute atomic E-state index is 0.196. The molecular weight excluding hydrogens is 351 g/mol. The molecular formula is C18H27FN6S. The quantitative estimate of drug-likeness (QED) is 0.288. The van der Waals surface area contributed by atoms with Crippen LogP contribution in [0.2, 0.25) is 0 Å². The minimum Gasteiger partial charge on any atom is -0.357 e. The Morgan fingerprint density at radius 3 is 2.77 bits per heavy atom. The average Bonchev–Trinajstić information content (AvgIpc) is 3.10. The van der Waals surface area contributed by atoms with Gasteiger partial charge >= 0.3 is 0 Å². The number of hydrogen-bond acceptors (Lipinski definition) is 4. The van der Waals surface area contributed by atoms with Crippen LogP contribution in [0.3, 0.4) is 0 Å². The van der Waals surface area contributed by atoms with Crippen molar-refractivity contribution in [2.45, 2.75) is 38.1 Å². The van der Waals surface area contributed by atoms with Crippen molar-refractivity contribution in [3.8, 4) is 0 Å². The third kappa shape index (κ3) is 7.03. The highest BCUT2D eigenvalue weighted by Gasteiger charge is 2.02. The lowest BCUT2D eigenvalue weighted by atomic mass is 10.4. The van der Waals surface area contributed by atoms with Crippen molar-refractivity contribution in [3.63, 3.8) is 0 Å². The summed E-state index contributed by atoms with van der Waals surface area (Å²) < 4.78 is 14.9. The highest BCUT2D eigenvalue weighted by Crippen LogP contribution is 2.18. The molecule has 0 radical (unpaired) electrons. The number of rotatable bonds is 10. The monoisotopic (exact) mass is 378 g/mol. The first-order chi connectivity index (χ1) is 12.7. The zero-order valence-electron chi connectivity index (χ0n) is 15.4. The Labute approximate surface area is 158 Å². The summed E-state index contributed by atoms with van der Waals surface area (Å²) in [5.41, 5.74) is 0.